The lowest BCUT2D eigenvalue weighted by molar-refractivity contribution is -0.115. The van der Waals surface area contributed by atoms with E-state index in [1.807, 2.05) is 30.5 Å². The van der Waals surface area contributed by atoms with Crippen LogP contribution in [-0.2, 0) is 17.6 Å². The summed E-state index contributed by atoms with van der Waals surface area (Å²) in [5.41, 5.74) is 2.03. The van der Waals surface area contributed by atoms with E-state index in [0.717, 1.165) is 27.9 Å². The number of amides is 1. The Bertz CT molecular complexity index is 790. The molecule has 0 fully saturated rings. The molecule has 2 heterocycles. The Morgan fingerprint density at radius 3 is 2.95 bits per heavy atom. The number of benzene rings is 1. The van der Waals surface area contributed by atoms with Crippen molar-refractivity contribution in [3.63, 3.8) is 0 Å². The summed E-state index contributed by atoms with van der Waals surface area (Å²) in [6.45, 7) is 4.27. The van der Waals surface area contributed by atoms with E-state index in [1.54, 1.807) is 0 Å². The van der Waals surface area contributed by atoms with Gasteiger partial charge in [0.05, 0.1) is 6.42 Å². The number of aromatic amines is 1. The largest absolute Gasteiger partial charge is 0.361 e. The van der Waals surface area contributed by atoms with Gasteiger partial charge in [-0.3, -0.25) is 4.79 Å². The Morgan fingerprint density at radius 1 is 1.32 bits per heavy atom. The first-order valence-electron chi connectivity index (χ1n) is 7.29. The van der Waals surface area contributed by atoms with Gasteiger partial charge >= 0.3 is 0 Å². The molecule has 1 amide bonds. The van der Waals surface area contributed by atoms with Gasteiger partial charge in [0.15, 0.2) is 0 Å². The third-order valence-corrected chi connectivity index (χ3v) is 4.18. The number of carbonyl (C=O) groups is 1. The first kappa shape index (κ1) is 14.7. The molecule has 2 N–H and O–H groups in total. The summed E-state index contributed by atoms with van der Waals surface area (Å²) < 4.78 is 0. The summed E-state index contributed by atoms with van der Waals surface area (Å²) in [6.07, 6.45) is 3.09. The molecule has 3 rings (SSSR count). The lowest BCUT2D eigenvalue weighted by atomic mass is 10.1. The van der Waals surface area contributed by atoms with Gasteiger partial charge in [0, 0.05) is 23.5 Å². The van der Waals surface area contributed by atoms with Crippen LogP contribution < -0.4 is 5.32 Å². The Kier molecular flexibility index (Phi) is 4.20. The minimum atomic E-state index is -0.0722. The highest BCUT2D eigenvalue weighted by atomic mass is 32.1. The smallest absolute Gasteiger partial charge is 0.230 e. The second-order valence-electron chi connectivity index (χ2n) is 5.68. The molecule has 114 valence electrons. The van der Waals surface area contributed by atoms with Crippen LogP contribution in [0.5, 0.6) is 0 Å². The van der Waals surface area contributed by atoms with E-state index < -0.39 is 0 Å². The van der Waals surface area contributed by atoms with Crippen LogP contribution in [0, 0.1) is 5.92 Å². The number of hydrogen-bond donors (Lipinski definition) is 2. The molecule has 0 aliphatic rings. The quantitative estimate of drug-likeness (QED) is 0.758. The molecule has 22 heavy (non-hydrogen) atoms. The molecule has 1 aromatic carbocycles. The summed E-state index contributed by atoms with van der Waals surface area (Å²) in [7, 11) is 0. The van der Waals surface area contributed by atoms with Crippen LogP contribution in [0.1, 0.15) is 24.4 Å². The maximum Gasteiger partial charge on any atom is 0.230 e. The monoisotopic (exact) mass is 314 g/mol. The van der Waals surface area contributed by atoms with Gasteiger partial charge in [-0.25, -0.2) is 0 Å². The average molecular weight is 314 g/mol. The van der Waals surface area contributed by atoms with Gasteiger partial charge < -0.3 is 10.3 Å². The van der Waals surface area contributed by atoms with Crippen molar-refractivity contribution in [2.75, 3.05) is 5.32 Å². The number of anilines is 1. The van der Waals surface area contributed by atoms with E-state index >= 15 is 0 Å². The maximum atomic E-state index is 12.2. The standard InChI is InChI=1S/C16H18N4OS/c1-10(2)7-15-19-20-16(22-15)18-14(21)8-11-9-17-13-6-4-3-5-12(11)13/h3-6,9-10,17H,7-8H2,1-2H3,(H,18,20,21). The molecule has 0 atom stereocenters. The fourth-order valence-corrected chi connectivity index (χ4v) is 3.32. The second kappa shape index (κ2) is 6.27. The molecular weight excluding hydrogens is 296 g/mol. The lowest BCUT2D eigenvalue weighted by Crippen LogP contribution is -2.14. The average Bonchev–Trinajstić information content (AvgIpc) is 3.06. The van der Waals surface area contributed by atoms with E-state index in [2.05, 4.69) is 34.3 Å². The van der Waals surface area contributed by atoms with E-state index in [4.69, 9.17) is 0 Å². The van der Waals surface area contributed by atoms with Crippen molar-refractivity contribution >= 4 is 33.3 Å². The van der Waals surface area contributed by atoms with Crippen LogP contribution in [0.15, 0.2) is 30.5 Å². The van der Waals surface area contributed by atoms with Gasteiger partial charge in [-0.05, 0) is 17.5 Å². The topological polar surface area (TPSA) is 70.7 Å². The van der Waals surface area contributed by atoms with Crippen molar-refractivity contribution in [1.82, 2.24) is 15.2 Å². The van der Waals surface area contributed by atoms with Crippen LogP contribution >= 0.6 is 11.3 Å². The molecule has 6 heteroatoms. The van der Waals surface area contributed by atoms with Crippen LogP contribution in [0.4, 0.5) is 5.13 Å². The van der Waals surface area contributed by atoms with E-state index in [-0.39, 0.29) is 5.91 Å². The van der Waals surface area contributed by atoms with Crippen LogP contribution in [0.25, 0.3) is 10.9 Å². The van der Waals surface area contributed by atoms with Crippen molar-refractivity contribution in [1.29, 1.82) is 0 Å². The minimum Gasteiger partial charge on any atom is -0.361 e. The molecular formula is C16H18N4OS. The molecule has 0 aliphatic heterocycles. The number of carbonyl (C=O) groups excluding carboxylic acids is 1. The molecule has 0 saturated carbocycles. The van der Waals surface area contributed by atoms with Gasteiger partial charge in [0.2, 0.25) is 11.0 Å². The van der Waals surface area contributed by atoms with Crippen molar-refractivity contribution in [2.24, 2.45) is 5.92 Å². The van der Waals surface area contributed by atoms with Crippen molar-refractivity contribution in [3.8, 4) is 0 Å². The van der Waals surface area contributed by atoms with Crippen molar-refractivity contribution < 1.29 is 4.79 Å². The fraction of sp³-hybridized carbons (Fsp3) is 0.312. The van der Waals surface area contributed by atoms with Gasteiger partial charge in [0.25, 0.3) is 0 Å². The number of rotatable bonds is 5. The normalized spacial score (nSPS) is 11.2. The summed E-state index contributed by atoms with van der Waals surface area (Å²) in [4.78, 5) is 15.3. The van der Waals surface area contributed by atoms with E-state index in [9.17, 15) is 4.79 Å². The van der Waals surface area contributed by atoms with Crippen molar-refractivity contribution in [3.05, 3.63) is 41.0 Å². The predicted octanol–water partition coefficient (Wildman–Crippen LogP) is 3.40. The first-order chi connectivity index (χ1) is 10.6. The summed E-state index contributed by atoms with van der Waals surface area (Å²) in [6, 6.07) is 7.96. The summed E-state index contributed by atoms with van der Waals surface area (Å²) >= 11 is 1.44. The maximum absolute atomic E-state index is 12.2. The summed E-state index contributed by atoms with van der Waals surface area (Å²) in [5.74, 6) is 0.458. The number of fused-ring (bicyclic) bond motifs is 1. The van der Waals surface area contributed by atoms with Gasteiger partial charge in [0.1, 0.15) is 5.01 Å². The zero-order valence-corrected chi connectivity index (χ0v) is 13.4. The zero-order chi connectivity index (χ0) is 15.5. The van der Waals surface area contributed by atoms with Crippen LogP contribution in [-0.4, -0.2) is 21.1 Å². The Morgan fingerprint density at radius 2 is 2.14 bits per heavy atom. The molecule has 0 aliphatic carbocycles. The predicted molar refractivity (Wildman–Crippen MR) is 89.1 cm³/mol. The number of H-pyrrole nitrogens is 1. The van der Waals surface area contributed by atoms with Crippen molar-refractivity contribution in [2.45, 2.75) is 26.7 Å². The SMILES string of the molecule is CC(C)Cc1nnc(NC(=O)Cc2c[nH]c3ccccc23)s1. The third-order valence-electron chi connectivity index (χ3n) is 3.32. The lowest BCUT2D eigenvalue weighted by Gasteiger charge is -2.00. The first-order valence-corrected chi connectivity index (χ1v) is 8.10. The molecule has 5 nitrogen and oxygen atoms in total. The molecule has 0 spiro atoms. The number of para-hydroxylation sites is 1. The van der Waals surface area contributed by atoms with Gasteiger partial charge in [-0.15, -0.1) is 10.2 Å². The number of nitrogens with one attached hydrogen (secondary N) is 2. The number of nitrogens with zero attached hydrogens (tertiary/aromatic N) is 2. The molecule has 3 aromatic rings. The van der Waals surface area contributed by atoms with E-state index in [0.29, 0.717) is 17.5 Å². The third kappa shape index (κ3) is 3.33. The van der Waals surface area contributed by atoms with Crippen LogP contribution in [0.3, 0.4) is 0 Å². The minimum absolute atomic E-state index is 0.0722. The highest BCUT2D eigenvalue weighted by molar-refractivity contribution is 7.15. The van der Waals surface area contributed by atoms with Gasteiger partial charge in [-0.1, -0.05) is 43.4 Å². The molecule has 0 radical (unpaired) electrons. The Balaban J connectivity index is 1.66. The number of aromatic nitrogens is 3. The summed E-state index contributed by atoms with van der Waals surface area (Å²) in [5, 5.41) is 13.6. The molecule has 0 bridgehead atoms. The van der Waals surface area contributed by atoms with E-state index in [1.165, 1.54) is 11.3 Å². The molecule has 0 unspecified atom stereocenters. The zero-order valence-electron chi connectivity index (χ0n) is 12.6. The highest BCUT2D eigenvalue weighted by Crippen LogP contribution is 2.20. The van der Waals surface area contributed by atoms with Gasteiger partial charge in [-0.2, -0.15) is 0 Å². The number of hydrogen-bond acceptors (Lipinski definition) is 4. The Hall–Kier alpha value is -2.21. The molecule has 2 aromatic heterocycles. The fourth-order valence-electron chi connectivity index (χ4n) is 2.35. The Labute approximate surface area is 132 Å². The highest BCUT2D eigenvalue weighted by Gasteiger charge is 2.12. The second-order valence-corrected chi connectivity index (χ2v) is 6.75. The van der Waals surface area contributed by atoms with Crippen LogP contribution in [0.2, 0.25) is 0 Å². The molecule has 0 saturated heterocycles.